The molecule has 1 saturated heterocycles. The Morgan fingerprint density at radius 2 is 2.07 bits per heavy atom. The van der Waals surface area contributed by atoms with Crippen LogP contribution in [-0.2, 0) is 20.7 Å². The topological polar surface area (TPSA) is 115 Å². The Balaban J connectivity index is 1.53. The maximum absolute atomic E-state index is 13.4. The number of rotatable bonds is 7. The summed E-state index contributed by atoms with van der Waals surface area (Å²) < 4.78 is 23.7. The van der Waals surface area contributed by atoms with E-state index < -0.39 is 11.4 Å². The number of nitrogens with zero attached hydrogens (tertiary/aromatic N) is 2. The highest BCUT2D eigenvalue weighted by atomic mass is 19.1. The molecule has 2 N–H and O–H groups in total. The molecule has 1 fully saturated rings. The van der Waals surface area contributed by atoms with E-state index in [1.165, 1.54) is 6.07 Å². The average Bonchev–Trinajstić information content (AvgIpc) is 3.16. The Bertz CT molecular complexity index is 861. The third kappa shape index (κ3) is 4.53. The molecule has 8 nitrogen and oxygen atoms in total. The zero-order valence-electron chi connectivity index (χ0n) is 15.5. The molecule has 1 amide bonds. The molecule has 150 valence electrons. The predicted molar refractivity (Wildman–Crippen MR) is 95.9 cm³/mol. The Kier molecular flexibility index (Phi) is 6.03. The van der Waals surface area contributed by atoms with Crippen LogP contribution in [0.15, 0.2) is 22.7 Å². The second-order valence-electron chi connectivity index (χ2n) is 6.95. The van der Waals surface area contributed by atoms with Crippen molar-refractivity contribution in [3.05, 3.63) is 35.5 Å². The lowest BCUT2D eigenvalue weighted by Gasteiger charge is -2.33. The van der Waals surface area contributed by atoms with Gasteiger partial charge in [-0.05, 0) is 43.5 Å². The van der Waals surface area contributed by atoms with Gasteiger partial charge in [0.05, 0.1) is 5.41 Å². The number of aliphatic carboxylic acids is 1. The molecule has 0 radical (unpaired) electrons. The molecule has 28 heavy (non-hydrogen) atoms. The number of amides is 1. The lowest BCUT2D eigenvalue weighted by atomic mass is 9.80. The van der Waals surface area contributed by atoms with E-state index in [0.29, 0.717) is 43.0 Å². The van der Waals surface area contributed by atoms with Crippen molar-refractivity contribution in [1.82, 2.24) is 15.5 Å². The van der Waals surface area contributed by atoms with E-state index in [2.05, 4.69) is 15.5 Å². The van der Waals surface area contributed by atoms with Crippen molar-refractivity contribution in [2.24, 2.45) is 5.41 Å². The highest BCUT2D eigenvalue weighted by molar-refractivity contribution is 5.79. The van der Waals surface area contributed by atoms with Crippen molar-refractivity contribution in [3.63, 3.8) is 0 Å². The molecule has 0 spiro atoms. The summed E-state index contributed by atoms with van der Waals surface area (Å²) in [6, 6.07) is 4.52. The van der Waals surface area contributed by atoms with Gasteiger partial charge in [-0.1, -0.05) is 5.16 Å². The van der Waals surface area contributed by atoms with E-state index in [1.807, 2.05) is 0 Å². The molecule has 9 heteroatoms. The first-order chi connectivity index (χ1) is 13.4. The van der Waals surface area contributed by atoms with Gasteiger partial charge in [-0.3, -0.25) is 9.59 Å². The van der Waals surface area contributed by atoms with E-state index in [9.17, 15) is 19.1 Å². The van der Waals surface area contributed by atoms with Crippen LogP contribution in [0.4, 0.5) is 4.39 Å². The first-order valence-electron chi connectivity index (χ1n) is 9.07. The molecule has 0 bridgehead atoms. The van der Waals surface area contributed by atoms with Gasteiger partial charge in [0.25, 0.3) is 0 Å². The van der Waals surface area contributed by atoms with Crippen LogP contribution in [0.25, 0.3) is 11.4 Å². The van der Waals surface area contributed by atoms with Crippen LogP contribution in [0, 0.1) is 18.2 Å². The minimum absolute atomic E-state index is 0.0640. The standard InChI is InChI=1S/C19H22FN3O5/c1-12-10-13(2-3-14(12)20)17-22-16(28-23-17)5-4-15(24)21-11-19(18(25)26)6-8-27-9-7-19/h2-3,10H,4-9,11H2,1H3,(H,21,24)(H,25,26). The van der Waals surface area contributed by atoms with Gasteiger partial charge in [0.1, 0.15) is 5.82 Å². The minimum atomic E-state index is -0.980. The van der Waals surface area contributed by atoms with Crippen LogP contribution in [0.5, 0.6) is 0 Å². The number of benzene rings is 1. The average molecular weight is 391 g/mol. The number of aromatic nitrogens is 2. The van der Waals surface area contributed by atoms with E-state index in [0.717, 1.165) is 0 Å². The third-order valence-electron chi connectivity index (χ3n) is 4.98. The summed E-state index contributed by atoms with van der Waals surface area (Å²) in [5, 5.41) is 16.0. The zero-order chi connectivity index (χ0) is 20.1. The normalized spacial score (nSPS) is 15.9. The monoisotopic (exact) mass is 391 g/mol. The summed E-state index contributed by atoms with van der Waals surface area (Å²) in [5.41, 5.74) is 0.122. The van der Waals surface area contributed by atoms with Crippen molar-refractivity contribution in [3.8, 4) is 11.4 Å². The van der Waals surface area contributed by atoms with Crippen LogP contribution in [0.1, 0.15) is 30.7 Å². The fourth-order valence-corrected chi connectivity index (χ4v) is 3.06. The molecule has 0 aliphatic carbocycles. The zero-order valence-corrected chi connectivity index (χ0v) is 15.5. The molecule has 0 saturated carbocycles. The lowest BCUT2D eigenvalue weighted by molar-refractivity contribution is -0.154. The lowest BCUT2D eigenvalue weighted by Crippen LogP contribution is -2.46. The van der Waals surface area contributed by atoms with Gasteiger partial charge in [-0.15, -0.1) is 0 Å². The van der Waals surface area contributed by atoms with Gasteiger partial charge in [-0.25, -0.2) is 4.39 Å². The maximum atomic E-state index is 13.4. The third-order valence-corrected chi connectivity index (χ3v) is 4.98. The van der Waals surface area contributed by atoms with Crippen LogP contribution in [0.3, 0.4) is 0 Å². The molecule has 2 aromatic rings. The summed E-state index contributed by atoms with van der Waals surface area (Å²) in [6.45, 7) is 2.45. The van der Waals surface area contributed by atoms with Crippen LogP contribution >= 0.6 is 0 Å². The Labute approximate surface area is 161 Å². The van der Waals surface area contributed by atoms with Crippen molar-refractivity contribution in [1.29, 1.82) is 0 Å². The molecular weight excluding hydrogens is 369 g/mol. The molecule has 3 rings (SSSR count). The predicted octanol–water partition coefficient (Wildman–Crippen LogP) is 2.11. The fraction of sp³-hybridized carbons (Fsp3) is 0.474. The first-order valence-corrected chi connectivity index (χ1v) is 9.07. The van der Waals surface area contributed by atoms with Crippen LogP contribution in [0.2, 0.25) is 0 Å². The number of carboxylic acid groups (broad SMARTS) is 1. The van der Waals surface area contributed by atoms with E-state index in [4.69, 9.17) is 9.26 Å². The maximum Gasteiger partial charge on any atom is 0.311 e. The van der Waals surface area contributed by atoms with E-state index in [1.54, 1.807) is 19.1 Å². The number of aryl methyl sites for hydroxylation is 2. The number of nitrogens with one attached hydrogen (secondary N) is 1. The smallest absolute Gasteiger partial charge is 0.311 e. The van der Waals surface area contributed by atoms with Crippen molar-refractivity contribution >= 4 is 11.9 Å². The Hall–Kier alpha value is -2.81. The quantitative estimate of drug-likeness (QED) is 0.743. The molecule has 1 aromatic carbocycles. The number of halogens is 1. The molecular formula is C19H22FN3O5. The van der Waals surface area contributed by atoms with Gasteiger partial charge in [0, 0.05) is 38.2 Å². The highest BCUT2D eigenvalue weighted by Gasteiger charge is 2.40. The summed E-state index contributed by atoms with van der Waals surface area (Å²) in [5.74, 6) is -0.916. The summed E-state index contributed by atoms with van der Waals surface area (Å²) in [7, 11) is 0. The van der Waals surface area contributed by atoms with Gasteiger partial charge in [0.15, 0.2) is 0 Å². The van der Waals surface area contributed by atoms with Crippen LogP contribution < -0.4 is 5.32 Å². The molecule has 1 aromatic heterocycles. The molecule has 0 unspecified atom stereocenters. The number of hydrogen-bond acceptors (Lipinski definition) is 6. The SMILES string of the molecule is Cc1cc(-c2noc(CCC(=O)NCC3(C(=O)O)CCOCC3)n2)ccc1F. The number of carboxylic acids is 1. The Morgan fingerprint density at radius 3 is 2.75 bits per heavy atom. The van der Waals surface area contributed by atoms with Gasteiger partial charge < -0.3 is 19.7 Å². The van der Waals surface area contributed by atoms with Crippen LogP contribution in [-0.4, -0.2) is 46.9 Å². The number of hydrogen-bond donors (Lipinski definition) is 2. The number of carbonyl (C=O) groups is 2. The molecule has 1 aliphatic rings. The first kappa shape index (κ1) is 19.9. The fourth-order valence-electron chi connectivity index (χ4n) is 3.06. The summed E-state index contributed by atoms with van der Waals surface area (Å²) >= 11 is 0. The molecule has 0 atom stereocenters. The largest absolute Gasteiger partial charge is 0.481 e. The second kappa shape index (κ2) is 8.47. The number of ether oxygens (including phenoxy) is 1. The number of carbonyl (C=O) groups excluding carboxylic acids is 1. The minimum Gasteiger partial charge on any atom is -0.481 e. The van der Waals surface area contributed by atoms with Gasteiger partial charge in [-0.2, -0.15) is 4.98 Å². The summed E-state index contributed by atoms with van der Waals surface area (Å²) in [4.78, 5) is 27.9. The molecule has 1 aliphatic heterocycles. The van der Waals surface area contributed by atoms with Crippen molar-refractivity contribution in [2.75, 3.05) is 19.8 Å². The van der Waals surface area contributed by atoms with Crippen molar-refractivity contribution in [2.45, 2.75) is 32.6 Å². The van der Waals surface area contributed by atoms with E-state index in [-0.39, 0.29) is 37.0 Å². The van der Waals surface area contributed by atoms with Gasteiger partial charge in [0.2, 0.25) is 17.6 Å². The van der Waals surface area contributed by atoms with Crippen molar-refractivity contribution < 1.29 is 28.3 Å². The second-order valence-corrected chi connectivity index (χ2v) is 6.95. The highest BCUT2D eigenvalue weighted by Crippen LogP contribution is 2.30. The van der Waals surface area contributed by atoms with E-state index >= 15 is 0 Å². The Morgan fingerprint density at radius 1 is 1.32 bits per heavy atom. The van der Waals surface area contributed by atoms with Gasteiger partial charge >= 0.3 is 5.97 Å². The molecule has 2 heterocycles. The summed E-state index contributed by atoms with van der Waals surface area (Å²) in [6.07, 6.45) is 1.05.